The number of nitrogens with zero attached hydrogens (tertiary/aromatic N) is 3. The number of fused-ring (bicyclic) bond motifs is 1. The molecule has 5 heteroatoms. The Labute approximate surface area is 124 Å². The van der Waals surface area contributed by atoms with Crippen LogP contribution in [0.3, 0.4) is 0 Å². The second-order valence-electron chi connectivity index (χ2n) is 6.02. The van der Waals surface area contributed by atoms with Gasteiger partial charge in [-0.15, -0.1) is 0 Å². The van der Waals surface area contributed by atoms with Crippen molar-refractivity contribution in [3.8, 4) is 6.07 Å². The first-order valence-corrected chi connectivity index (χ1v) is 7.66. The van der Waals surface area contributed by atoms with Gasteiger partial charge in [0.2, 0.25) is 0 Å². The van der Waals surface area contributed by atoms with E-state index in [-0.39, 0.29) is 11.3 Å². The number of rotatable bonds is 2. The highest BCUT2D eigenvalue weighted by molar-refractivity contribution is 5.60. The normalized spacial score (nSPS) is 25.0. The molecule has 110 valence electrons. The van der Waals surface area contributed by atoms with E-state index in [1.54, 1.807) is 12.1 Å². The predicted octanol–water partition coefficient (Wildman–Crippen LogP) is 3.63. The van der Waals surface area contributed by atoms with Crippen molar-refractivity contribution in [3.63, 3.8) is 0 Å². The summed E-state index contributed by atoms with van der Waals surface area (Å²) in [6.07, 6.45) is 7.52. The number of hydrogen-bond acceptors (Lipinski definition) is 4. The average Bonchev–Trinajstić information content (AvgIpc) is 2.53. The molecule has 2 aliphatic rings. The van der Waals surface area contributed by atoms with Gasteiger partial charge in [0.05, 0.1) is 4.92 Å². The molecular weight excluding hydrogens is 266 g/mol. The lowest BCUT2D eigenvalue weighted by Gasteiger charge is -2.45. The van der Waals surface area contributed by atoms with Crippen molar-refractivity contribution in [3.05, 3.63) is 33.9 Å². The summed E-state index contributed by atoms with van der Waals surface area (Å²) in [5.74, 6) is 0.744. The molecule has 1 saturated heterocycles. The molecule has 1 aliphatic carbocycles. The molecule has 0 N–H and O–H groups in total. The topological polar surface area (TPSA) is 70.2 Å². The van der Waals surface area contributed by atoms with Gasteiger partial charge < -0.3 is 4.90 Å². The van der Waals surface area contributed by atoms with E-state index < -0.39 is 4.92 Å². The minimum atomic E-state index is -0.484. The molecule has 2 atom stereocenters. The minimum absolute atomic E-state index is 0.0987. The SMILES string of the molecule is N#Cc1cc(N2CCCC3CCCCC32)ccc1[N+](=O)[O-]. The van der Waals surface area contributed by atoms with Crippen LogP contribution in [0.1, 0.15) is 44.1 Å². The number of anilines is 1. The Morgan fingerprint density at radius 3 is 2.76 bits per heavy atom. The smallest absolute Gasteiger partial charge is 0.287 e. The van der Waals surface area contributed by atoms with Crippen molar-refractivity contribution in [2.45, 2.75) is 44.6 Å². The van der Waals surface area contributed by atoms with Crippen molar-refractivity contribution < 1.29 is 4.92 Å². The van der Waals surface area contributed by atoms with E-state index in [1.165, 1.54) is 44.6 Å². The highest BCUT2D eigenvalue weighted by Gasteiger charge is 2.33. The summed E-state index contributed by atoms with van der Waals surface area (Å²) in [5.41, 5.74) is 1.03. The van der Waals surface area contributed by atoms with Gasteiger partial charge in [-0.3, -0.25) is 10.1 Å². The maximum Gasteiger partial charge on any atom is 0.287 e. The van der Waals surface area contributed by atoms with Crippen LogP contribution < -0.4 is 4.90 Å². The van der Waals surface area contributed by atoms with Gasteiger partial charge in [0.25, 0.3) is 5.69 Å². The molecule has 1 saturated carbocycles. The Morgan fingerprint density at radius 2 is 2.00 bits per heavy atom. The van der Waals surface area contributed by atoms with Gasteiger partial charge in [-0.05, 0) is 43.7 Å². The van der Waals surface area contributed by atoms with Crippen LogP contribution in [-0.4, -0.2) is 17.5 Å². The van der Waals surface area contributed by atoms with Crippen LogP contribution in [0.25, 0.3) is 0 Å². The lowest BCUT2D eigenvalue weighted by atomic mass is 9.78. The summed E-state index contributed by atoms with van der Waals surface area (Å²) in [6.45, 7) is 0.990. The zero-order chi connectivity index (χ0) is 14.8. The van der Waals surface area contributed by atoms with E-state index in [4.69, 9.17) is 5.26 Å². The number of nitro groups is 1. The van der Waals surface area contributed by atoms with Crippen molar-refractivity contribution in [1.82, 2.24) is 0 Å². The molecule has 0 bridgehead atoms. The predicted molar refractivity (Wildman–Crippen MR) is 80.1 cm³/mol. The van der Waals surface area contributed by atoms with Crippen molar-refractivity contribution in [2.24, 2.45) is 5.92 Å². The van der Waals surface area contributed by atoms with E-state index in [0.29, 0.717) is 6.04 Å². The van der Waals surface area contributed by atoms with Gasteiger partial charge in [-0.2, -0.15) is 5.26 Å². The summed E-state index contributed by atoms with van der Waals surface area (Å²) in [5, 5.41) is 20.1. The summed E-state index contributed by atoms with van der Waals surface area (Å²) >= 11 is 0. The molecule has 1 aromatic carbocycles. The number of nitriles is 1. The fourth-order valence-electron chi connectivity index (χ4n) is 3.90. The lowest BCUT2D eigenvalue weighted by molar-refractivity contribution is -0.385. The largest absolute Gasteiger partial charge is 0.368 e. The molecule has 2 unspecified atom stereocenters. The molecule has 2 fully saturated rings. The third-order valence-electron chi connectivity index (χ3n) is 4.87. The van der Waals surface area contributed by atoms with E-state index in [1.807, 2.05) is 6.07 Å². The third kappa shape index (κ3) is 2.58. The molecule has 5 nitrogen and oxygen atoms in total. The van der Waals surface area contributed by atoms with Crippen LogP contribution in [0.15, 0.2) is 18.2 Å². The van der Waals surface area contributed by atoms with Crippen LogP contribution in [-0.2, 0) is 0 Å². The van der Waals surface area contributed by atoms with Gasteiger partial charge >= 0.3 is 0 Å². The monoisotopic (exact) mass is 285 g/mol. The number of benzene rings is 1. The van der Waals surface area contributed by atoms with E-state index in [0.717, 1.165) is 18.2 Å². The molecule has 1 aliphatic heterocycles. The fourth-order valence-corrected chi connectivity index (χ4v) is 3.90. The van der Waals surface area contributed by atoms with Crippen LogP contribution in [0, 0.1) is 27.4 Å². The Morgan fingerprint density at radius 1 is 1.24 bits per heavy atom. The van der Waals surface area contributed by atoms with Gasteiger partial charge in [0.15, 0.2) is 0 Å². The molecule has 3 rings (SSSR count). The van der Waals surface area contributed by atoms with Crippen LogP contribution in [0.5, 0.6) is 0 Å². The van der Waals surface area contributed by atoms with Gasteiger partial charge in [0.1, 0.15) is 11.6 Å². The first-order chi connectivity index (χ1) is 10.2. The molecule has 1 heterocycles. The summed E-state index contributed by atoms with van der Waals surface area (Å²) in [4.78, 5) is 12.8. The maximum atomic E-state index is 10.9. The second kappa shape index (κ2) is 5.72. The number of piperidine rings is 1. The summed E-state index contributed by atoms with van der Waals surface area (Å²) in [7, 11) is 0. The zero-order valence-corrected chi connectivity index (χ0v) is 12.0. The van der Waals surface area contributed by atoms with E-state index >= 15 is 0 Å². The van der Waals surface area contributed by atoms with Crippen LogP contribution in [0.4, 0.5) is 11.4 Å². The molecule has 0 aromatic heterocycles. The molecule has 0 spiro atoms. The average molecular weight is 285 g/mol. The highest BCUT2D eigenvalue weighted by atomic mass is 16.6. The van der Waals surface area contributed by atoms with Gasteiger partial charge in [0, 0.05) is 24.3 Å². The minimum Gasteiger partial charge on any atom is -0.368 e. The molecule has 0 amide bonds. The first kappa shape index (κ1) is 13.9. The van der Waals surface area contributed by atoms with Crippen LogP contribution in [0.2, 0.25) is 0 Å². The lowest BCUT2D eigenvalue weighted by Crippen LogP contribution is -2.46. The molecule has 0 radical (unpaired) electrons. The molecule has 1 aromatic rings. The Hall–Kier alpha value is -2.09. The van der Waals surface area contributed by atoms with Gasteiger partial charge in [-0.1, -0.05) is 12.8 Å². The third-order valence-corrected chi connectivity index (χ3v) is 4.87. The van der Waals surface area contributed by atoms with E-state index in [2.05, 4.69) is 4.90 Å². The van der Waals surface area contributed by atoms with Crippen LogP contribution >= 0.6 is 0 Å². The van der Waals surface area contributed by atoms with Crippen molar-refractivity contribution in [2.75, 3.05) is 11.4 Å². The highest BCUT2D eigenvalue weighted by Crippen LogP contribution is 2.38. The Balaban J connectivity index is 1.92. The maximum absolute atomic E-state index is 10.9. The Bertz CT molecular complexity index is 592. The second-order valence-corrected chi connectivity index (χ2v) is 6.02. The van der Waals surface area contributed by atoms with E-state index in [9.17, 15) is 10.1 Å². The Kier molecular flexibility index (Phi) is 3.78. The number of hydrogen-bond donors (Lipinski definition) is 0. The van der Waals surface area contributed by atoms with Crippen molar-refractivity contribution >= 4 is 11.4 Å². The zero-order valence-electron chi connectivity index (χ0n) is 12.0. The quantitative estimate of drug-likeness (QED) is 0.614. The van der Waals surface area contributed by atoms with Crippen molar-refractivity contribution in [1.29, 1.82) is 5.26 Å². The summed E-state index contributed by atoms with van der Waals surface area (Å²) in [6, 6.07) is 7.47. The summed E-state index contributed by atoms with van der Waals surface area (Å²) < 4.78 is 0. The molecule has 21 heavy (non-hydrogen) atoms. The standard InChI is InChI=1S/C16H19N3O2/c17-11-13-10-14(7-8-16(13)19(20)21)18-9-3-5-12-4-1-2-6-15(12)18/h7-8,10,12,15H,1-6,9H2. The number of nitro benzene ring substituents is 1. The van der Waals surface area contributed by atoms with Gasteiger partial charge in [-0.25, -0.2) is 0 Å². The fraction of sp³-hybridized carbons (Fsp3) is 0.562. The first-order valence-electron chi connectivity index (χ1n) is 7.66. The molecular formula is C16H19N3O2.